The molecule has 0 unspecified atom stereocenters. The molecule has 1 N–H and O–H groups in total. The van der Waals surface area contributed by atoms with Crippen molar-refractivity contribution >= 4 is 23.8 Å². The van der Waals surface area contributed by atoms with Crippen LogP contribution in [0.2, 0.25) is 0 Å². The van der Waals surface area contributed by atoms with E-state index in [1.165, 1.54) is 11.9 Å². The Morgan fingerprint density at radius 1 is 1.13 bits per heavy atom. The summed E-state index contributed by atoms with van der Waals surface area (Å²) in [4.78, 5) is 56.6. The Morgan fingerprint density at radius 2 is 1.76 bits per heavy atom. The van der Waals surface area contributed by atoms with Gasteiger partial charge in [-0.15, -0.1) is 0 Å². The number of rotatable bonds is 6. The Morgan fingerprint density at radius 3 is 2.34 bits per heavy atom. The lowest BCUT2D eigenvalue weighted by atomic mass is 9.84. The Balaban J connectivity index is 1.48. The first-order valence-electron chi connectivity index (χ1n) is 13.0. The molecule has 1 aliphatic carbocycles. The van der Waals surface area contributed by atoms with E-state index in [1.807, 2.05) is 0 Å². The second kappa shape index (κ2) is 10.5. The lowest BCUT2D eigenvalue weighted by Crippen LogP contribution is -2.61. The van der Waals surface area contributed by atoms with Crippen molar-refractivity contribution in [1.82, 2.24) is 20.0 Å². The van der Waals surface area contributed by atoms with Crippen LogP contribution in [0.3, 0.4) is 0 Å². The van der Waals surface area contributed by atoms with E-state index in [0.717, 1.165) is 30.6 Å². The van der Waals surface area contributed by atoms with Gasteiger partial charge in [-0.05, 0) is 50.3 Å². The molecule has 12 heteroatoms. The molecule has 4 rings (SSSR count). The quantitative estimate of drug-likeness (QED) is 0.437. The zero-order valence-corrected chi connectivity index (χ0v) is 21.4. The molecule has 3 fully saturated rings. The summed E-state index contributed by atoms with van der Waals surface area (Å²) in [7, 11) is 1.47. The third kappa shape index (κ3) is 4.96. The van der Waals surface area contributed by atoms with Crippen LogP contribution in [-0.2, 0) is 15.8 Å². The Kier molecular flexibility index (Phi) is 7.72. The molecule has 1 atom stereocenters. The smallest absolute Gasteiger partial charge is 0.341 e. The number of alkyl halides is 3. The fourth-order valence-electron chi connectivity index (χ4n) is 5.94. The number of likely N-dealkylation sites (N-methyl/N-ethyl adjacent to an activating group) is 1. The van der Waals surface area contributed by atoms with Crippen molar-refractivity contribution in [2.45, 2.75) is 82.1 Å². The van der Waals surface area contributed by atoms with Crippen LogP contribution in [0.4, 0.5) is 22.4 Å². The van der Waals surface area contributed by atoms with Gasteiger partial charge in [-0.25, -0.2) is 9.18 Å². The van der Waals surface area contributed by atoms with Gasteiger partial charge in [-0.2, -0.15) is 13.2 Å². The van der Waals surface area contributed by atoms with Gasteiger partial charge in [0.2, 0.25) is 5.91 Å². The van der Waals surface area contributed by atoms with Gasteiger partial charge in [0.05, 0.1) is 11.1 Å². The van der Waals surface area contributed by atoms with E-state index < -0.39 is 46.5 Å². The van der Waals surface area contributed by atoms with E-state index in [2.05, 4.69) is 5.32 Å². The molecule has 208 valence electrons. The molecule has 1 spiro atoms. The molecule has 2 heterocycles. The first-order valence-corrected chi connectivity index (χ1v) is 13.0. The van der Waals surface area contributed by atoms with Crippen LogP contribution in [0.15, 0.2) is 18.2 Å². The molecular weight excluding hydrogens is 508 g/mol. The minimum absolute atomic E-state index is 0.0202. The molecular formula is C26H32F4N4O4. The standard InChI is InChI=1S/C26H32F4N4O4/c1-3-6-20(31-21(35)18-15-16(26(28,29)30)9-10-19(18)27)22(36)33-13-11-25(12-14-33)23(37)32(2)24(38)34(25)17-7-4-5-8-17/h9-10,15,17,20H,3-8,11-14H2,1-2H3,(H,31,35)/t20-/m1/s1. The van der Waals surface area contributed by atoms with Crippen LogP contribution in [0.1, 0.15) is 74.2 Å². The van der Waals surface area contributed by atoms with E-state index in [-0.39, 0.29) is 50.3 Å². The molecule has 1 aromatic rings. The molecule has 8 nitrogen and oxygen atoms in total. The maximum Gasteiger partial charge on any atom is 0.416 e. The normalized spacial score (nSPS) is 20.9. The molecule has 2 aliphatic heterocycles. The highest BCUT2D eigenvalue weighted by Crippen LogP contribution is 2.41. The number of likely N-dealkylation sites (tertiary alicyclic amines) is 1. The molecule has 2 saturated heterocycles. The number of hydrogen-bond acceptors (Lipinski definition) is 4. The lowest BCUT2D eigenvalue weighted by molar-refractivity contribution is -0.142. The van der Waals surface area contributed by atoms with Crippen molar-refractivity contribution in [2.75, 3.05) is 20.1 Å². The van der Waals surface area contributed by atoms with Crippen molar-refractivity contribution in [3.05, 3.63) is 35.1 Å². The van der Waals surface area contributed by atoms with Gasteiger partial charge >= 0.3 is 12.2 Å². The van der Waals surface area contributed by atoms with Crippen LogP contribution in [-0.4, -0.2) is 76.2 Å². The number of nitrogens with zero attached hydrogens (tertiary/aromatic N) is 3. The first-order chi connectivity index (χ1) is 17.9. The number of amides is 5. The van der Waals surface area contributed by atoms with Gasteiger partial charge in [-0.1, -0.05) is 26.2 Å². The fraction of sp³-hybridized carbons (Fsp3) is 0.615. The average molecular weight is 541 g/mol. The van der Waals surface area contributed by atoms with Gasteiger partial charge < -0.3 is 15.1 Å². The predicted molar refractivity (Wildman–Crippen MR) is 128 cm³/mol. The zero-order chi connectivity index (χ0) is 27.8. The van der Waals surface area contributed by atoms with Crippen LogP contribution >= 0.6 is 0 Å². The first kappa shape index (κ1) is 27.8. The number of hydrogen-bond donors (Lipinski definition) is 1. The maximum absolute atomic E-state index is 14.2. The molecule has 5 amide bonds. The molecule has 0 aromatic heterocycles. The summed E-state index contributed by atoms with van der Waals surface area (Å²) in [6, 6.07) is 0.135. The summed E-state index contributed by atoms with van der Waals surface area (Å²) in [6.07, 6.45) is 0.0364. The van der Waals surface area contributed by atoms with Gasteiger partial charge in [0.15, 0.2) is 0 Å². The zero-order valence-electron chi connectivity index (χ0n) is 21.4. The van der Waals surface area contributed by atoms with Crippen molar-refractivity contribution in [3.63, 3.8) is 0 Å². The number of nitrogens with one attached hydrogen (secondary N) is 1. The average Bonchev–Trinajstić information content (AvgIpc) is 3.46. The van der Waals surface area contributed by atoms with Crippen LogP contribution in [0.25, 0.3) is 0 Å². The largest absolute Gasteiger partial charge is 0.416 e. The van der Waals surface area contributed by atoms with Crippen LogP contribution in [0, 0.1) is 5.82 Å². The second-order valence-electron chi connectivity index (χ2n) is 10.3. The van der Waals surface area contributed by atoms with Crippen molar-refractivity contribution in [3.8, 4) is 0 Å². The summed E-state index contributed by atoms with van der Waals surface area (Å²) in [5.41, 5.74) is -2.98. The van der Waals surface area contributed by atoms with Gasteiger partial charge in [0.25, 0.3) is 11.8 Å². The monoisotopic (exact) mass is 540 g/mol. The SMILES string of the molecule is CCC[C@@H](NC(=O)c1cc(C(F)(F)F)ccc1F)C(=O)N1CCC2(CC1)C(=O)N(C)C(=O)N2C1CCCC1. The number of benzene rings is 1. The van der Waals surface area contributed by atoms with E-state index in [0.29, 0.717) is 24.6 Å². The summed E-state index contributed by atoms with van der Waals surface area (Å²) in [5, 5.41) is 2.41. The number of carbonyl (C=O) groups excluding carboxylic acids is 4. The molecule has 38 heavy (non-hydrogen) atoms. The topological polar surface area (TPSA) is 90.0 Å². The molecule has 0 bridgehead atoms. The molecule has 1 saturated carbocycles. The highest BCUT2D eigenvalue weighted by atomic mass is 19.4. The Labute approximate surface area is 218 Å². The predicted octanol–water partition coefficient (Wildman–Crippen LogP) is 3.94. The van der Waals surface area contributed by atoms with Crippen molar-refractivity contribution in [2.24, 2.45) is 0 Å². The Hall–Kier alpha value is -3.18. The third-order valence-corrected chi connectivity index (χ3v) is 7.97. The maximum atomic E-state index is 14.2. The van der Waals surface area contributed by atoms with E-state index in [4.69, 9.17) is 0 Å². The minimum atomic E-state index is -4.76. The van der Waals surface area contributed by atoms with Gasteiger partial charge in [-0.3, -0.25) is 19.3 Å². The third-order valence-electron chi connectivity index (χ3n) is 7.97. The van der Waals surface area contributed by atoms with Crippen LogP contribution in [0.5, 0.6) is 0 Å². The van der Waals surface area contributed by atoms with Crippen molar-refractivity contribution in [1.29, 1.82) is 0 Å². The molecule has 1 aromatic carbocycles. The van der Waals surface area contributed by atoms with E-state index in [1.54, 1.807) is 11.8 Å². The summed E-state index contributed by atoms with van der Waals surface area (Å²) in [6.45, 7) is 2.12. The molecule has 0 radical (unpaired) electrons. The lowest BCUT2D eigenvalue weighted by Gasteiger charge is -2.45. The number of imide groups is 1. The minimum Gasteiger partial charge on any atom is -0.341 e. The van der Waals surface area contributed by atoms with E-state index >= 15 is 0 Å². The number of urea groups is 1. The number of piperidine rings is 1. The Bertz CT molecular complexity index is 1110. The van der Waals surface area contributed by atoms with Gasteiger partial charge in [0, 0.05) is 26.2 Å². The highest BCUT2D eigenvalue weighted by molar-refractivity contribution is 6.07. The number of halogens is 4. The summed E-state index contributed by atoms with van der Waals surface area (Å²) in [5.74, 6) is -2.97. The van der Waals surface area contributed by atoms with Gasteiger partial charge in [0.1, 0.15) is 17.4 Å². The number of carbonyl (C=O) groups is 4. The van der Waals surface area contributed by atoms with Crippen LogP contribution < -0.4 is 5.32 Å². The second-order valence-corrected chi connectivity index (χ2v) is 10.3. The van der Waals surface area contributed by atoms with Crippen molar-refractivity contribution < 1.29 is 36.7 Å². The summed E-state index contributed by atoms with van der Waals surface area (Å²) < 4.78 is 53.5. The molecule has 3 aliphatic rings. The van der Waals surface area contributed by atoms with E-state index in [9.17, 15) is 36.7 Å². The fourth-order valence-corrected chi connectivity index (χ4v) is 5.94. The highest BCUT2D eigenvalue weighted by Gasteiger charge is 2.59. The summed E-state index contributed by atoms with van der Waals surface area (Å²) >= 11 is 0.